The number of benzene rings is 3. The Kier molecular flexibility index (Phi) is 8.70. The van der Waals surface area contributed by atoms with Gasteiger partial charge in [-0.05, 0) is 29.8 Å². The second kappa shape index (κ2) is 11.6. The molecule has 16 heteroatoms. The molecule has 0 bridgehead atoms. The van der Waals surface area contributed by atoms with Crippen molar-refractivity contribution in [3.05, 3.63) is 86.9 Å². The average Bonchev–Trinajstić information content (AvgIpc) is 3.47. The number of hydrogen-bond acceptors (Lipinski definition) is 3. The zero-order valence-corrected chi connectivity index (χ0v) is 22.8. The van der Waals surface area contributed by atoms with Crippen LogP contribution in [0.15, 0.2) is 42.5 Å². The lowest BCUT2D eigenvalue weighted by molar-refractivity contribution is -0.126. The highest BCUT2D eigenvalue weighted by atomic mass is 35.5. The van der Waals surface area contributed by atoms with Gasteiger partial charge in [0.15, 0.2) is 11.6 Å². The van der Waals surface area contributed by atoms with Crippen molar-refractivity contribution in [1.82, 2.24) is 0 Å². The van der Waals surface area contributed by atoms with Gasteiger partial charge in [-0.15, -0.1) is 23.2 Å². The maximum Gasteiger partial charge on any atom is 0.315 e. The van der Waals surface area contributed by atoms with E-state index in [2.05, 4.69) is 5.32 Å². The molecular formula is C25H13Cl4F6N3O3. The van der Waals surface area contributed by atoms with Crippen LogP contribution in [-0.2, 0) is 9.59 Å². The van der Waals surface area contributed by atoms with E-state index in [1.54, 1.807) is 6.07 Å². The third-order valence-electron chi connectivity index (χ3n) is 5.94. The lowest BCUT2D eigenvalue weighted by atomic mass is 10.1. The Hall–Kier alpha value is -3.19. The largest absolute Gasteiger partial charge is 0.326 e. The fourth-order valence-corrected chi connectivity index (χ4v) is 5.07. The minimum absolute atomic E-state index is 0.161. The second-order valence-electron chi connectivity index (χ2n) is 8.67. The summed E-state index contributed by atoms with van der Waals surface area (Å²) in [5.41, 5.74) is -2.76. The number of amides is 3. The Morgan fingerprint density at radius 1 is 0.780 bits per heavy atom. The molecule has 0 heterocycles. The van der Waals surface area contributed by atoms with Gasteiger partial charge in [0.1, 0.15) is 16.0 Å². The fraction of sp³-hybridized carbons (Fsp3) is 0.160. The van der Waals surface area contributed by atoms with E-state index in [4.69, 9.17) is 46.4 Å². The molecule has 0 radical (unpaired) electrons. The van der Waals surface area contributed by atoms with Crippen LogP contribution in [-0.4, -0.2) is 28.5 Å². The Balaban J connectivity index is 1.55. The Bertz CT molecular complexity index is 1590. The van der Waals surface area contributed by atoms with Crippen molar-refractivity contribution in [2.24, 2.45) is 5.92 Å². The highest BCUT2D eigenvalue weighted by molar-refractivity contribution is 6.53. The minimum Gasteiger partial charge on any atom is -0.326 e. The van der Waals surface area contributed by atoms with E-state index < -0.39 is 86.2 Å². The summed E-state index contributed by atoms with van der Waals surface area (Å²) in [5.74, 6) is -12.2. The van der Waals surface area contributed by atoms with Gasteiger partial charge in [0.05, 0.1) is 32.9 Å². The highest BCUT2D eigenvalue weighted by Crippen LogP contribution is 2.65. The van der Waals surface area contributed by atoms with Crippen molar-refractivity contribution in [2.45, 2.75) is 16.7 Å². The van der Waals surface area contributed by atoms with E-state index in [-0.39, 0.29) is 16.1 Å². The minimum atomic E-state index is -3.54. The number of nitrogens with one attached hydrogen (secondary N) is 3. The predicted molar refractivity (Wildman–Crippen MR) is 141 cm³/mol. The van der Waals surface area contributed by atoms with Crippen molar-refractivity contribution in [3.8, 4) is 0 Å². The van der Waals surface area contributed by atoms with Gasteiger partial charge in [0.25, 0.3) is 11.8 Å². The van der Waals surface area contributed by atoms with Crippen molar-refractivity contribution < 1.29 is 40.7 Å². The van der Waals surface area contributed by atoms with Crippen molar-refractivity contribution >= 4 is 81.2 Å². The smallest absolute Gasteiger partial charge is 0.315 e. The SMILES string of the molecule is O=C(Nc1cc(NC(=O)C(F)F)c(F)cc1F)c1cc(NC(=O)C2[C@H](c3ccc(Cl)c(Cl)c3)C2(Cl)Cl)cc(F)c1F. The van der Waals surface area contributed by atoms with Crippen molar-refractivity contribution in [3.63, 3.8) is 0 Å². The number of hydrogen-bond donors (Lipinski definition) is 3. The summed E-state index contributed by atoms with van der Waals surface area (Å²) in [6.45, 7) is 0. The first-order valence-electron chi connectivity index (χ1n) is 11.1. The fourth-order valence-electron chi connectivity index (χ4n) is 3.94. The Morgan fingerprint density at radius 2 is 1.41 bits per heavy atom. The number of rotatable bonds is 7. The third-order valence-corrected chi connectivity index (χ3v) is 7.62. The molecule has 3 aromatic rings. The van der Waals surface area contributed by atoms with Crippen LogP contribution in [0.4, 0.5) is 43.4 Å². The molecule has 2 atom stereocenters. The molecule has 41 heavy (non-hydrogen) atoms. The molecule has 6 nitrogen and oxygen atoms in total. The number of anilines is 3. The topological polar surface area (TPSA) is 87.3 Å². The van der Waals surface area contributed by atoms with Gasteiger partial charge in [0, 0.05) is 23.7 Å². The highest BCUT2D eigenvalue weighted by Gasteiger charge is 2.67. The lowest BCUT2D eigenvalue weighted by Gasteiger charge is -2.13. The zero-order chi connectivity index (χ0) is 30.4. The predicted octanol–water partition coefficient (Wildman–Crippen LogP) is 7.53. The molecule has 0 aliphatic heterocycles. The molecule has 3 N–H and O–H groups in total. The van der Waals surface area contributed by atoms with Crippen molar-refractivity contribution in [2.75, 3.05) is 16.0 Å². The maximum atomic E-state index is 14.5. The van der Waals surface area contributed by atoms with Gasteiger partial charge in [-0.2, -0.15) is 8.78 Å². The molecule has 3 aromatic carbocycles. The van der Waals surface area contributed by atoms with Crippen LogP contribution in [0.3, 0.4) is 0 Å². The molecule has 1 unspecified atom stereocenters. The summed E-state index contributed by atoms with van der Waals surface area (Å²) in [7, 11) is 0. The molecule has 0 saturated heterocycles. The average molecular weight is 659 g/mol. The molecule has 1 aliphatic carbocycles. The van der Waals surface area contributed by atoms with Crippen LogP contribution in [0.5, 0.6) is 0 Å². The van der Waals surface area contributed by atoms with E-state index in [1.165, 1.54) is 17.4 Å². The summed E-state index contributed by atoms with van der Waals surface area (Å²) in [5, 5.41) is 6.01. The first-order chi connectivity index (χ1) is 19.1. The van der Waals surface area contributed by atoms with Gasteiger partial charge < -0.3 is 16.0 Å². The summed E-state index contributed by atoms with van der Waals surface area (Å²) in [6.07, 6.45) is -3.54. The molecule has 0 aromatic heterocycles. The van der Waals surface area contributed by atoms with Crippen molar-refractivity contribution in [1.29, 1.82) is 0 Å². The van der Waals surface area contributed by atoms with Gasteiger partial charge in [-0.3, -0.25) is 14.4 Å². The maximum absolute atomic E-state index is 14.5. The van der Waals surface area contributed by atoms with Crippen LogP contribution in [0.1, 0.15) is 21.8 Å². The lowest BCUT2D eigenvalue weighted by Crippen LogP contribution is -2.22. The Morgan fingerprint density at radius 3 is 2.02 bits per heavy atom. The first-order valence-corrected chi connectivity index (χ1v) is 12.6. The quantitative estimate of drug-likeness (QED) is 0.181. The molecule has 4 rings (SSSR count). The third kappa shape index (κ3) is 6.35. The number of halogens is 10. The van der Waals surface area contributed by atoms with Crippen LogP contribution < -0.4 is 16.0 Å². The summed E-state index contributed by atoms with van der Waals surface area (Å²) < 4.78 is 80.4. The molecule has 3 amide bonds. The summed E-state index contributed by atoms with van der Waals surface area (Å²) >= 11 is 24.5. The monoisotopic (exact) mass is 657 g/mol. The van der Waals surface area contributed by atoms with Gasteiger partial charge >= 0.3 is 6.43 Å². The second-order valence-corrected chi connectivity index (χ2v) is 10.9. The summed E-state index contributed by atoms with van der Waals surface area (Å²) in [4.78, 5) is 36.8. The van der Waals surface area contributed by atoms with Crippen LogP contribution in [0.2, 0.25) is 10.0 Å². The molecule has 1 aliphatic rings. The molecule has 216 valence electrons. The number of carbonyl (C=O) groups excluding carboxylic acids is 3. The standard InChI is InChI=1S/C25H13Cl4F6N3O3/c26-11-2-1-8(3-12(11)27)18-19(25(18,28)29)23(40)36-9-4-10(20(33)15(32)5-9)22(39)37-16-7-17(14(31)6-13(16)30)38-24(41)21(34)35/h1-7,18-19,21H,(H,36,40)(H,37,39)(H,38,41)/t18-,19?/m0/s1. The molecule has 1 saturated carbocycles. The zero-order valence-electron chi connectivity index (χ0n) is 19.8. The Labute approximate surface area is 246 Å². The van der Waals surface area contributed by atoms with E-state index in [1.807, 2.05) is 5.32 Å². The van der Waals surface area contributed by atoms with Crippen LogP contribution in [0.25, 0.3) is 0 Å². The number of carbonyl (C=O) groups is 3. The van der Waals surface area contributed by atoms with Crippen LogP contribution in [0, 0.1) is 29.2 Å². The van der Waals surface area contributed by atoms with Gasteiger partial charge in [-0.1, -0.05) is 29.3 Å². The molecular weight excluding hydrogens is 646 g/mol. The van der Waals surface area contributed by atoms with Crippen LogP contribution >= 0.6 is 46.4 Å². The van der Waals surface area contributed by atoms with E-state index in [0.717, 1.165) is 0 Å². The summed E-state index contributed by atoms with van der Waals surface area (Å²) in [6, 6.07) is 6.36. The van der Waals surface area contributed by atoms with E-state index >= 15 is 0 Å². The van der Waals surface area contributed by atoms with Gasteiger partial charge in [0.2, 0.25) is 5.91 Å². The molecule has 1 fully saturated rings. The normalized spacial score (nSPS) is 17.2. The van der Waals surface area contributed by atoms with E-state index in [0.29, 0.717) is 23.8 Å². The van der Waals surface area contributed by atoms with E-state index in [9.17, 15) is 40.7 Å². The first kappa shape index (κ1) is 30.8. The number of alkyl halides is 4. The van der Waals surface area contributed by atoms with Gasteiger partial charge in [-0.25, -0.2) is 17.6 Å². The molecule has 0 spiro atoms.